The molecule has 8 nitrogen and oxygen atoms in total. The molecule has 2 saturated heterocycles. The van der Waals surface area contributed by atoms with Crippen LogP contribution in [-0.4, -0.2) is 69.9 Å². The molecule has 1 unspecified atom stereocenters. The number of aliphatic carboxylic acids is 1. The monoisotopic (exact) mass is 487 g/mol. The van der Waals surface area contributed by atoms with Crippen LogP contribution in [0.1, 0.15) is 33.9 Å². The molecule has 2 aromatic heterocycles. The second-order valence-electron chi connectivity index (χ2n) is 7.80. The number of carboxylic acids is 1. The number of ether oxygens (including phenoxy) is 2. The standard InChI is InChI=1S/C19H23N3O3S.C2HF3O2/c1-14-21-17(11-26-14)10-24-8-4-16-5-9-25-19(16)12-22(13-19)18(23)15-2-6-20-7-3-15;3-2(4,5)1(6)7/h2-3,6-7,11,16H,4-5,8-10,12-13H2,1H3;(H,6,7). The fourth-order valence-electron chi connectivity index (χ4n) is 3.84. The number of aromatic nitrogens is 2. The lowest BCUT2D eigenvalue weighted by atomic mass is 9.79. The number of halogens is 3. The van der Waals surface area contributed by atoms with E-state index < -0.39 is 12.1 Å². The SMILES string of the molecule is Cc1nc(COCCC2CCOC23CN(C(=O)c2ccncc2)C3)cs1.O=C(O)C(F)(F)F. The average molecular weight is 488 g/mol. The van der Waals surface area contributed by atoms with Crippen molar-refractivity contribution in [1.29, 1.82) is 0 Å². The number of carbonyl (C=O) groups excluding carboxylic acids is 1. The summed E-state index contributed by atoms with van der Waals surface area (Å²) >= 11 is 1.65. The fraction of sp³-hybridized carbons (Fsp3) is 0.524. The number of thiazole rings is 1. The Kier molecular flexibility index (Phi) is 8.03. The van der Waals surface area contributed by atoms with Crippen LogP contribution in [0.4, 0.5) is 13.2 Å². The Hall–Kier alpha value is -2.57. The third-order valence-corrected chi connectivity index (χ3v) is 6.32. The molecule has 0 saturated carbocycles. The molecule has 1 amide bonds. The van der Waals surface area contributed by atoms with E-state index in [2.05, 4.69) is 9.97 Å². The number of pyridine rings is 1. The van der Waals surface area contributed by atoms with E-state index >= 15 is 0 Å². The van der Waals surface area contributed by atoms with Gasteiger partial charge in [-0.15, -0.1) is 11.3 Å². The normalized spacial score (nSPS) is 19.0. The second kappa shape index (κ2) is 10.6. The zero-order valence-corrected chi connectivity index (χ0v) is 18.7. The van der Waals surface area contributed by atoms with E-state index in [4.69, 9.17) is 19.4 Å². The van der Waals surface area contributed by atoms with Crippen LogP contribution in [0.25, 0.3) is 0 Å². The molecule has 0 aliphatic carbocycles. The van der Waals surface area contributed by atoms with E-state index in [1.165, 1.54) is 0 Å². The molecule has 0 bridgehead atoms. The Morgan fingerprint density at radius 1 is 1.33 bits per heavy atom. The Morgan fingerprint density at radius 2 is 2.00 bits per heavy atom. The number of amides is 1. The van der Waals surface area contributed by atoms with Gasteiger partial charge in [-0.1, -0.05) is 0 Å². The van der Waals surface area contributed by atoms with Crippen molar-refractivity contribution in [2.75, 3.05) is 26.3 Å². The molecule has 0 radical (unpaired) electrons. The molecule has 1 N–H and O–H groups in total. The van der Waals surface area contributed by atoms with Gasteiger partial charge in [0.05, 0.1) is 30.4 Å². The quantitative estimate of drug-likeness (QED) is 0.624. The van der Waals surface area contributed by atoms with Gasteiger partial charge in [0.15, 0.2) is 0 Å². The predicted molar refractivity (Wildman–Crippen MR) is 112 cm³/mol. The van der Waals surface area contributed by atoms with Gasteiger partial charge in [-0.2, -0.15) is 13.2 Å². The van der Waals surface area contributed by atoms with Crippen LogP contribution in [0, 0.1) is 12.8 Å². The molecule has 1 atom stereocenters. The van der Waals surface area contributed by atoms with Gasteiger partial charge in [-0.25, -0.2) is 9.78 Å². The predicted octanol–water partition coefficient (Wildman–Crippen LogP) is 3.32. The lowest BCUT2D eigenvalue weighted by Gasteiger charge is -2.50. The molecule has 4 rings (SSSR count). The number of hydrogen-bond acceptors (Lipinski definition) is 7. The van der Waals surface area contributed by atoms with Gasteiger partial charge in [0.1, 0.15) is 5.60 Å². The van der Waals surface area contributed by atoms with Crippen LogP contribution in [-0.2, 0) is 20.9 Å². The van der Waals surface area contributed by atoms with Gasteiger partial charge in [0.2, 0.25) is 0 Å². The van der Waals surface area contributed by atoms with E-state index in [-0.39, 0.29) is 11.5 Å². The number of likely N-dealkylation sites (tertiary alicyclic amines) is 1. The van der Waals surface area contributed by atoms with Crippen molar-refractivity contribution in [1.82, 2.24) is 14.9 Å². The number of nitrogens with zero attached hydrogens (tertiary/aromatic N) is 3. The maximum absolute atomic E-state index is 12.5. The van der Waals surface area contributed by atoms with Crippen molar-refractivity contribution >= 4 is 23.2 Å². The Labute approximate surface area is 192 Å². The number of aryl methyl sites for hydroxylation is 1. The number of alkyl halides is 3. The summed E-state index contributed by atoms with van der Waals surface area (Å²) in [7, 11) is 0. The molecule has 33 heavy (non-hydrogen) atoms. The van der Waals surface area contributed by atoms with Crippen molar-refractivity contribution in [2.45, 2.75) is 38.1 Å². The van der Waals surface area contributed by atoms with Crippen LogP contribution in [0.15, 0.2) is 29.9 Å². The number of hydrogen-bond donors (Lipinski definition) is 1. The summed E-state index contributed by atoms with van der Waals surface area (Å²) in [4.78, 5) is 31.6. The second-order valence-corrected chi connectivity index (χ2v) is 8.86. The van der Waals surface area contributed by atoms with E-state index in [1.807, 2.05) is 17.2 Å². The first kappa shape index (κ1) is 25.1. The molecule has 4 heterocycles. The maximum Gasteiger partial charge on any atom is 0.490 e. The van der Waals surface area contributed by atoms with E-state index in [9.17, 15) is 18.0 Å². The lowest BCUT2D eigenvalue weighted by molar-refractivity contribution is -0.192. The minimum Gasteiger partial charge on any atom is -0.475 e. The first-order valence-corrected chi connectivity index (χ1v) is 11.1. The highest BCUT2D eigenvalue weighted by molar-refractivity contribution is 7.09. The van der Waals surface area contributed by atoms with Gasteiger partial charge < -0.3 is 19.5 Å². The first-order chi connectivity index (χ1) is 15.6. The Bertz CT molecular complexity index is 948. The zero-order chi connectivity index (χ0) is 24.1. The van der Waals surface area contributed by atoms with E-state index in [0.29, 0.717) is 37.8 Å². The summed E-state index contributed by atoms with van der Waals surface area (Å²) in [5, 5.41) is 10.2. The van der Waals surface area contributed by atoms with Crippen LogP contribution in [0.2, 0.25) is 0 Å². The molecule has 0 aromatic carbocycles. The summed E-state index contributed by atoms with van der Waals surface area (Å²) in [6.07, 6.45) is 0.217. The van der Waals surface area contributed by atoms with Gasteiger partial charge in [-0.05, 0) is 37.8 Å². The first-order valence-electron chi connectivity index (χ1n) is 10.2. The molecular weight excluding hydrogens is 463 g/mol. The topological polar surface area (TPSA) is 102 Å². The van der Waals surface area contributed by atoms with Crippen molar-refractivity contribution < 1.29 is 37.3 Å². The van der Waals surface area contributed by atoms with Crippen molar-refractivity contribution in [3.8, 4) is 0 Å². The zero-order valence-electron chi connectivity index (χ0n) is 17.9. The highest BCUT2D eigenvalue weighted by Gasteiger charge is 2.54. The third kappa shape index (κ3) is 6.49. The van der Waals surface area contributed by atoms with E-state index in [0.717, 1.165) is 30.2 Å². The molecule has 1 spiro atoms. The smallest absolute Gasteiger partial charge is 0.475 e. The molecule has 2 aliphatic rings. The molecule has 2 fully saturated rings. The number of carboxylic acid groups (broad SMARTS) is 1. The summed E-state index contributed by atoms with van der Waals surface area (Å²) in [6.45, 7) is 5.38. The highest BCUT2D eigenvalue weighted by atomic mass is 32.1. The summed E-state index contributed by atoms with van der Waals surface area (Å²) in [6, 6.07) is 3.52. The summed E-state index contributed by atoms with van der Waals surface area (Å²) in [5.41, 5.74) is 1.51. The minimum atomic E-state index is -5.08. The molecule has 12 heteroatoms. The highest BCUT2D eigenvalue weighted by Crippen LogP contribution is 2.42. The van der Waals surface area contributed by atoms with Crippen molar-refractivity contribution in [3.05, 3.63) is 46.2 Å². The largest absolute Gasteiger partial charge is 0.490 e. The van der Waals surface area contributed by atoms with Gasteiger partial charge in [-0.3, -0.25) is 9.78 Å². The molecule has 180 valence electrons. The van der Waals surface area contributed by atoms with Gasteiger partial charge >= 0.3 is 12.1 Å². The fourth-order valence-corrected chi connectivity index (χ4v) is 4.44. The molecular formula is C21H24F3N3O5S. The number of carbonyl (C=O) groups is 2. The van der Waals surface area contributed by atoms with Crippen LogP contribution in [0.5, 0.6) is 0 Å². The molecule has 2 aliphatic heterocycles. The van der Waals surface area contributed by atoms with E-state index in [1.54, 1.807) is 35.9 Å². The van der Waals surface area contributed by atoms with Crippen molar-refractivity contribution in [3.63, 3.8) is 0 Å². The van der Waals surface area contributed by atoms with Crippen molar-refractivity contribution in [2.24, 2.45) is 5.92 Å². The summed E-state index contributed by atoms with van der Waals surface area (Å²) in [5.74, 6) is -2.25. The maximum atomic E-state index is 12.5. The van der Waals surface area contributed by atoms with Crippen LogP contribution in [0.3, 0.4) is 0 Å². The lowest BCUT2D eigenvalue weighted by Crippen LogP contribution is -2.66. The average Bonchev–Trinajstić information content (AvgIpc) is 3.36. The molecule has 2 aromatic rings. The van der Waals surface area contributed by atoms with Gasteiger partial charge in [0, 0.05) is 36.6 Å². The Balaban J connectivity index is 0.000000383. The number of rotatable bonds is 6. The third-order valence-electron chi connectivity index (χ3n) is 5.50. The summed E-state index contributed by atoms with van der Waals surface area (Å²) < 4.78 is 43.6. The van der Waals surface area contributed by atoms with Gasteiger partial charge in [0.25, 0.3) is 5.91 Å². The Morgan fingerprint density at radius 3 is 2.58 bits per heavy atom. The van der Waals surface area contributed by atoms with Crippen LogP contribution < -0.4 is 0 Å². The minimum absolute atomic E-state index is 0.0578. The van der Waals surface area contributed by atoms with Crippen LogP contribution >= 0.6 is 11.3 Å².